The fraction of sp³-hybridized carbons (Fsp3) is 0.500. The van der Waals surface area contributed by atoms with Crippen molar-refractivity contribution in [1.82, 2.24) is 5.43 Å². The van der Waals surface area contributed by atoms with E-state index in [1.807, 2.05) is 0 Å². The van der Waals surface area contributed by atoms with E-state index in [9.17, 15) is 10.1 Å². The molecular formula is C6H11N4O2+. The summed E-state index contributed by atoms with van der Waals surface area (Å²) in [6, 6.07) is 0. The lowest BCUT2D eigenvalue weighted by Gasteiger charge is -2.08. The molecule has 6 heteroatoms. The number of guanidine groups is 1. The smallest absolute Gasteiger partial charge is 0.286 e. The van der Waals surface area contributed by atoms with Crippen LogP contribution in [0.5, 0.6) is 0 Å². The molecule has 0 saturated heterocycles. The molecule has 0 atom stereocenters. The molecule has 4 N–H and O–H groups in total. The maximum absolute atomic E-state index is 9.89. The monoisotopic (exact) mass is 171 g/mol. The van der Waals surface area contributed by atoms with E-state index in [1.54, 1.807) is 19.3 Å². The molecule has 0 aliphatic carbocycles. The first kappa shape index (κ1) is 10.2. The van der Waals surface area contributed by atoms with Gasteiger partial charge in [-0.1, -0.05) is 5.92 Å². The lowest BCUT2D eigenvalue weighted by molar-refractivity contribution is -0.567. The molecule has 0 aromatic rings. The summed E-state index contributed by atoms with van der Waals surface area (Å²) < 4.78 is 0. The third-order valence-corrected chi connectivity index (χ3v) is 1.02. The molecular weight excluding hydrogens is 160 g/mol. The van der Waals surface area contributed by atoms with E-state index in [2.05, 4.69) is 10.9 Å². The molecule has 0 fully saturated rings. The van der Waals surface area contributed by atoms with E-state index in [4.69, 9.17) is 12.2 Å². The predicted octanol–water partition coefficient (Wildman–Crippen LogP) is -2.43. The van der Waals surface area contributed by atoms with Gasteiger partial charge in [-0.15, -0.1) is 6.42 Å². The summed E-state index contributed by atoms with van der Waals surface area (Å²) in [5.74, 6) is 2.19. The summed E-state index contributed by atoms with van der Waals surface area (Å²) in [5, 5.41) is 9.12. The molecule has 0 amide bonds. The highest BCUT2D eigenvalue weighted by atomic mass is 16.7. The average Bonchev–Trinajstić information content (AvgIpc) is 1.84. The second-order valence-electron chi connectivity index (χ2n) is 2.68. The van der Waals surface area contributed by atoms with E-state index >= 15 is 0 Å². The summed E-state index contributed by atoms with van der Waals surface area (Å²) in [5.41, 5.74) is 6.24. The van der Waals surface area contributed by atoms with Gasteiger partial charge < -0.3 is 0 Å². The molecule has 6 nitrogen and oxygen atoms in total. The molecule has 0 unspecified atom stereocenters. The number of nitrogens with two attached hydrogens (primary N) is 1. The number of hydrogen-bond acceptors (Lipinski definition) is 2. The Balaban J connectivity index is 4.38. The Morgan fingerprint density at radius 2 is 2.33 bits per heavy atom. The number of nitrogens with one attached hydrogen (secondary N) is 2. The highest BCUT2D eigenvalue weighted by Crippen LogP contribution is 1.86. The Kier molecular flexibility index (Phi) is 3.04. The lowest BCUT2D eigenvalue weighted by atomic mass is 10.1. The number of nitro groups is 1. The quantitative estimate of drug-likeness (QED) is 0.142. The van der Waals surface area contributed by atoms with Crippen molar-refractivity contribution in [3.63, 3.8) is 0 Å². The van der Waals surface area contributed by atoms with Crippen molar-refractivity contribution < 1.29 is 10.0 Å². The molecule has 12 heavy (non-hydrogen) atoms. The first-order valence-electron chi connectivity index (χ1n) is 3.17. The largest absolute Gasteiger partial charge is 0.404 e. The van der Waals surface area contributed by atoms with Crippen molar-refractivity contribution in [2.75, 3.05) is 0 Å². The van der Waals surface area contributed by atoms with Gasteiger partial charge in [-0.3, -0.25) is 10.7 Å². The normalized spacial score (nSPS) is 11.9. The van der Waals surface area contributed by atoms with Crippen LogP contribution >= 0.6 is 0 Å². The zero-order valence-corrected chi connectivity index (χ0v) is 6.92. The molecule has 0 aromatic heterocycles. The number of terminal acetylenes is 1. The highest BCUT2D eigenvalue weighted by molar-refractivity contribution is 5.70. The van der Waals surface area contributed by atoms with Crippen molar-refractivity contribution in [2.45, 2.75) is 19.4 Å². The van der Waals surface area contributed by atoms with Gasteiger partial charge in [0.05, 0.1) is 0 Å². The fourth-order valence-corrected chi connectivity index (χ4v) is 0.499. The third-order valence-electron chi connectivity index (χ3n) is 1.02. The second-order valence-corrected chi connectivity index (χ2v) is 2.68. The Bertz CT molecular complexity index is 251. The Morgan fingerprint density at radius 3 is 2.67 bits per heavy atom. The van der Waals surface area contributed by atoms with Crippen LogP contribution in [0, 0.1) is 22.5 Å². The maximum atomic E-state index is 9.89. The molecule has 0 rings (SSSR count). The van der Waals surface area contributed by atoms with Crippen molar-refractivity contribution >= 4 is 5.96 Å². The minimum absolute atomic E-state index is 0.178. The van der Waals surface area contributed by atoms with Gasteiger partial charge in [0.25, 0.3) is 0 Å². The third kappa shape index (κ3) is 4.11. The second kappa shape index (κ2) is 3.57. The fourth-order valence-electron chi connectivity index (χ4n) is 0.499. The topological polar surface area (TPSA) is 95.2 Å². The summed E-state index contributed by atoms with van der Waals surface area (Å²) in [7, 11) is 0. The van der Waals surface area contributed by atoms with Gasteiger partial charge in [0, 0.05) is 5.43 Å². The van der Waals surface area contributed by atoms with E-state index in [0.29, 0.717) is 0 Å². The zero-order valence-electron chi connectivity index (χ0n) is 6.92. The van der Waals surface area contributed by atoms with Gasteiger partial charge in [0.2, 0.25) is 5.03 Å². The van der Waals surface area contributed by atoms with Crippen LogP contribution in [0.15, 0.2) is 0 Å². The molecule has 0 bridgehead atoms. The molecule has 66 valence electrons. The van der Waals surface area contributed by atoms with Crippen LogP contribution in [-0.4, -0.2) is 16.5 Å². The van der Waals surface area contributed by atoms with Gasteiger partial charge in [0.15, 0.2) is 0 Å². The minimum Gasteiger partial charge on any atom is -0.286 e. The van der Waals surface area contributed by atoms with Crippen LogP contribution in [0.3, 0.4) is 0 Å². The number of hydrogen-bond donors (Lipinski definition) is 3. The standard InChI is InChI=1S/C6H10N4O2/c1-4-6(2,3)8-5(7)9-10(11)12/h1H,2-3H3,(H3,7,8,9)/p+1. The predicted molar refractivity (Wildman–Crippen MR) is 43.2 cm³/mol. The van der Waals surface area contributed by atoms with Gasteiger partial charge >= 0.3 is 5.96 Å². The summed E-state index contributed by atoms with van der Waals surface area (Å²) in [4.78, 5) is 12.4. The van der Waals surface area contributed by atoms with Crippen LogP contribution in [0.4, 0.5) is 0 Å². The summed E-state index contributed by atoms with van der Waals surface area (Å²) in [6.07, 6.45) is 5.11. The molecule has 0 aliphatic heterocycles. The van der Waals surface area contributed by atoms with Gasteiger partial charge in [-0.05, 0) is 13.8 Å². The Morgan fingerprint density at radius 1 is 1.83 bits per heavy atom. The Labute approximate surface area is 70.0 Å². The van der Waals surface area contributed by atoms with Crippen LogP contribution < -0.4 is 16.2 Å². The van der Waals surface area contributed by atoms with Crippen LogP contribution in [0.2, 0.25) is 0 Å². The van der Waals surface area contributed by atoms with E-state index < -0.39 is 10.6 Å². The molecule has 0 aliphatic rings. The van der Waals surface area contributed by atoms with Crippen LogP contribution in [-0.2, 0) is 0 Å². The molecule has 0 heterocycles. The van der Waals surface area contributed by atoms with Gasteiger partial charge in [-0.25, -0.2) is 10.1 Å². The summed E-state index contributed by atoms with van der Waals surface area (Å²) >= 11 is 0. The van der Waals surface area contributed by atoms with E-state index in [1.165, 1.54) is 0 Å². The molecule has 0 aromatic carbocycles. The first-order valence-corrected chi connectivity index (χ1v) is 3.17. The Hall–Kier alpha value is -1.77. The van der Waals surface area contributed by atoms with Gasteiger partial charge in [0.1, 0.15) is 5.54 Å². The summed E-state index contributed by atoms with van der Waals surface area (Å²) in [6.45, 7) is 3.34. The molecule has 0 saturated carbocycles. The molecule has 0 spiro atoms. The number of rotatable bonds is 2. The van der Waals surface area contributed by atoms with E-state index in [0.717, 1.165) is 0 Å². The number of hydrazine groups is 1. The lowest BCUT2D eigenvalue weighted by Crippen LogP contribution is -2.89. The van der Waals surface area contributed by atoms with E-state index in [-0.39, 0.29) is 5.96 Å². The van der Waals surface area contributed by atoms with Crippen molar-refractivity contribution in [3.05, 3.63) is 10.1 Å². The van der Waals surface area contributed by atoms with Gasteiger partial charge in [-0.2, -0.15) is 0 Å². The van der Waals surface area contributed by atoms with Crippen molar-refractivity contribution in [3.8, 4) is 12.3 Å². The van der Waals surface area contributed by atoms with Crippen molar-refractivity contribution in [1.29, 1.82) is 0 Å². The highest BCUT2D eigenvalue weighted by Gasteiger charge is 2.17. The number of nitrogens with zero attached hydrogens (tertiary/aromatic N) is 1. The van der Waals surface area contributed by atoms with Crippen LogP contribution in [0.1, 0.15) is 13.8 Å². The van der Waals surface area contributed by atoms with Crippen molar-refractivity contribution in [2.24, 2.45) is 5.73 Å². The molecule has 0 radical (unpaired) electrons. The van der Waals surface area contributed by atoms with Crippen LogP contribution in [0.25, 0.3) is 0 Å². The minimum atomic E-state index is -0.769. The SMILES string of the molecule is C#CC(C)(C)[NH+]=C(N)N[N+](=O)[O-]. The first-order chi connectivity index (χ1) is 5.37. The zero-order chi connectivity index (χ0) is 9.78. The average molecular weight is 171 g/mol. The maximum Gasteiger partial charge on any atom is 0.404 e.